The molecule has 0 spiro atoms. The van der Waals surface area contributed by atoms with Crippen LogP contribution in [0, 0.1) is 0 Å². The van der Waals surface area contributed by atoms with Crippen LogP contribution in [0.25, 0.3) is 0 Å². The van der Waals surface area contributed by atoms with Gasteiger partial charge in [-0.25, -0.2) is 9.59 Å². The van der Waals surface area contributed by atoms with Gasteiger partial charge in [0.1, 0.15) is 11.4 Å². The minimum absolute atomic E-state index is 0.194. The predicted molar refractivity (Wildman–Crippen MR) is 113 cm³/mol. The monoisotopic (exact) mass is 406 g/mol. The van der Waals surface area contributed by atoms with Gasteiger partial charge >= 0.3 is 12.1 Å². The number of rotatable bonds is 8. The van der Waals surface area contributed by atoms with E-state index in [0.717, 1.165) is 25.4 Å². The van der Waals surface area contributed by atoms with E-state index in [9.17, 15) is 9.59 Å². The summed E-state index contributed by atoms with van der Waals surface area (Å²) < 4.78 is 10.4. The number of anilines is 1. The van der Waals surface area contributed by atoms with Crippen molar-refractivity contribution in [2.45, 2.75) is 39.2 Å². The Labute approximate surface area is 173 Å². The molecule has 0 aliphatic carbocycles. The Kier molecular flexibility index (Phi) is 8.57. The van der Waals surface area contributed by atoms with Crippen molar-refractivity contribution in [1.29, 1.82) is 0 Å². The van der Waals surface area contributed by atoms with Gasteiger partial charge in [0.25, 0.3) is 0 Å². The third-order valence-electron chi connectivity index (χ3n) is 4.56. The summed E-state index contributed by atoms with van der Waals surface area (Å²) in [4.78, 5) is 28.7. The molecule has 8 nitrogen and oxygen atoms in total. The zero-order valence-corrected chi connectivity index (χ0v) is 18.0. The summed E-state index contributed by atoms with van der Waals surface area (Å²) >= 11 is 0. The number of nitrogens with one attached hydrogen (secondary N) is 2. The van der Waals surface area contributed by atoms with E-state index >= 15 is 0 Å². The van der Waals surface area contributed by atoms with Crippen molar-refractivity contribution < 1.29 is 19.1 Å². The highest BCUT2D eigenvalue weighted by Gasteiger charge is 2.19. The lowest BCUT2D eigenvalue weighted by Gasteiger charge is -2.26. The molecule has 1 fully saturated rings. The van der Waals surface area contributed by atoms with Crippen LogP contribution in [-0.4, -0.2) is 73.9 Å². The molecule has 3 amide bonds. The van der Waals surface area contributed by atoms with Gasteiger partial charge in [-0.15, -0.1) is 0 Å². The lowest BCUT2D eigenvalue weighted by atomic mass is 10.2. The number of ether oxygens (including phenoxy) is 2. The molecule has 29 heavy (non-hydrogen) atoms. The van der Waals surface area contributed by atoms with Crippen molar-refractivity contribution in [1.82, 2.24) is 15.1 Å². The second kappa shape index (κ2) is 10.9. The number of hydrogen-bond acceptors (Lipinski definition) is 5. The van der Waals surface area contributed by atoms with Gasteiger partial charge in [-0.3, -0.25) is 0 Å². The first kappa shape index (κ1) is 22.8. The third kappa shape index (κ3) is 8.60. The number of nitrogens with zero attached hydrogens (tertiary/aromatic N) is 2. The summed E-state index contributed by atoms with van der Waals surface area (Å²) in [6.07, 6.45) is 1.93. The van der Waals surface area contributed by atoms with E-state index in [2.05, 4.69) is 15.5 Å². The first-order valence-corrected chi connectivity index (χ1v) is 10.2. The molecule has 1 aliphatic heterocycles. The summed E-state index contributed by atoms with van der Waals surface area (Å²) in [5.41, 5.74) is 0.146. The number of benzene rings is 1. The molecule has 1 aliphatic rings. The zero-order valence-electron chi connectivity index (χ0n) is 18.0. The first-order valence-electron chi connectivity index (χ1n) is 10.2. The number of urea groups is 1. The van der Waals surface area contributed by atoms with Crippen molar-refractivity contribution in [3.8, 4) is 5.75 Å². The third-order valence-corrected chi connectivity index (χ3v) is 4.56. The van der Waals surface area contributed by atoms with Gasteiger partial charge in [0.2, 0.25) is 0 Å². The van der Waals surface area contributed by atoms with E-state index in [1.165, 1.54) is 12.8 Å². The highest BCUT2D eigenvalue weighted by atomic mass is 16.6. The van der Waals surface area contributed by atoms with Crippen LogP contribution < -0.4 is 15.4 Å². The van der Waals surface area contributed by atoms with E-state index in [1.54, 1.807) is 36.3 Å². The van der Waals surface area contributed by atoms with Crippen LogP contribution in [0.5, 0.6) is 5.75 Å². The van der Waals surface area contributed by atoms with E-state index < -0.39 is 11.7 Å². The number of carbonyl (C=O) groups is 2. The Morgan fingerprint density at radius 3 is 2.34 bits per heavy atom. The molecule has 162 valence electrons. The summed E-state index contributed by atoms with van der Waals surface area (Å²) in [5, 5.41) is 5.63. The largest absolute Gasteiger partial charge is 0.497 e. The van der Waals surface area contributed by atoms with Crippen LogP contribution in [-0.2, 0) is 4.74 Å². The second-order valence-corrected chi connectivity index (χ2v) is 8.12. The molecule has 1 aromatic rings. The summed E-state index contributed by atoms with van der Waals surface area (Å²) in [6, 6.07) is 7.01. The van der Waals surface area contributed by atoms with Gasteiger partial charge in [-0.1, -0.05) is 0 Å². The number of methoxy groups -OCH3 is 1. The molecule has 0 unspecified atom stereocenters. The fraction of sp³-hybridized carbons (Fsp3) is 0.619. The molecule has 8 heteroatoms. The maximum atomic E-state index is 12.8. The van der Waals surface area contributed by atoms with E-state index in [0.29, 0.717) is 25.3 Å². The summed E-state index contributed by atoms with van der Waals surface area (Å²) in [7, 11) is 1.60. The molecule has 1 heterocycles. The molecule has 1 aromatic carbocycles. The van der Waals surface area contributed by atoms with E-state index in [-0.39, 0.29) is 6.03 Å². The Morgan fingerprint density at radius 2 is 1.76 bits per heavy atom. The Bertz CT molecular complexity index is 652. The van der Waals surface area contributed by atoms with Crippen molar-refractivity contribution >= 4 is 17.8 Å². The number of carbonyl (C=O) groups excluding carboxylic acids is 2. The number of alkyl carbamates (subject to hydrolysis) is 1. The first-order chi connectivity index (χ1) is 13.8. The predicted octanol–water partition coefficient (Wildman–Crippen LogP) is 3.15. The Hall–Kier alpha value is -2.48. The molecular formula is C21H34N4O4. The van der Waals surface area contributed by atoms with Gasteiger partial charge < -0.3 is 29.9 Å². The standard InChI is InChI=1S/C21H34N4O4/c1-21(2,3)29-20(27)22-11-14-25(16-15-24-12-5-6-13-24)19(26)23-17-7-9-18(28-4)10-8-17/h7-10H,5-6,11-16H2,1-4H3,(H,22,27)(H,23,26). The van der Waals surface area contributed by atoms with Crippen LogP contribution in [0.4, 0.5) is 15.3 Å². The molecule has 2 rings (SSSR count). The minimum Gasteiger partial charge on any atom is -0.497 e. The van der Waals surface area contributed by atoms with Crippen molar-refractivity contribution in [3.05, 3.63) is 24.3 Å². The van der Waals surface area contributed by atoms with Gasteiger partial charge in [0.05, 0.1) is 7.11 Å². The van der Waals surface area contributed by atoms with E-state index in [1.807, 2.05) is 20.8 Å². The van der Waals surface area contributed by atoms with Gasteiger partial charge in [0.15, 0.2) is 0 Å². The summed E-state index contributed by atoms with van der Waals surface area (Å²) in [5.74, 6) is 0.732. The average Bonchev–Trinajstić information content (AvgIpc) is 3.17. The molecule has 0 atom stereocenters. The molecular weight excluding hydrogens is 372 g/mol. The smallest absolute Gasteiger partial charge is 0.407 e. The van der Waals surface area contributed by atoms with Crippen molar-refractivity contribution in [3.63, 3.8) is 0 Å². The molecule has 0 aromatic heterocycles. The van der Waals surface area contributed by atoms with Crippen LogP contribution in [0.15, 0.2) is 24.3 Å². The number of likely N-dealkylation sites (tertiary alicyclic amines) is 1. The Morgan fingerprint density at radius 1 is 1.10 bits per heavy atom. The van der Waals surface area contributed by atoms with Crippen LogP contribution in [0.2, 0.25) is 0 Å². The molecule has 2 N–H and O–H groups in total. The SMILES string of the molecule is COc1ccc(NC(=O)N(CCNC(=O)OC(C)(C)C)CCN2CCCC2)cc1. The topological polar surface area (TPSA) is 83.1 Å². The highest BCUT2D eigenvalue weighted by molar-refractivity contribution is 5.89. The molecule has 0 bridgehead atoms. The molecule has 0 radical (unpaired) electrons. The second-order valence-electron chi connectivity index (χ2n) is 8.12. The summed E-state index contributed by atoms with van der Waals surface area (Å²) in [6.45, 7) is 9.74. The number of amides is 3. The quantitative estimate of drug-likeness (QED) is 0.693. The van der Waals surface area contributed by atoms with Gasteiger partial charge in [-0.05, 0) is 71.0 Å². The fourth-order valence-electron chi connectivity index (χ4n) is 3.07. The zero-order chi connectivity index (χ0) is 21.3. The van der Waals surface area contributed by atoms with Gasteiger partial charge in [-0.2, -0.15) is 0 Å². The van der Waals surface area contributed by atoms with Crippen LogP contribution in [0.1, 0.15) is 33.6 Å². The normalized spacial score (nSPS) is 14.3. The van der Waals surface area contributed by atoms with Crippen LogP contribution in [0.3, 0.4) is 0 Å². The van der Waals surface area contributed by atoms with Crippen LogP contribution >= 0.6 is 0 Å². The highest BCUT2D eigenvalue weighted by Crippen LogP contribution is 2.15. The van der Waals surface area contributed by atoms with Gasteiger partial charge in [0, 0.05) is 31.9 Å². The lowest BCUT2D eigenvalue weighted by molar-refractivity contribution is 0.0523. The van der Waals surface area contributed by atoms with Crippen molar-refractivity contribution in [2.75, 3.05) is 51.7 Å². The minimum atomic E-state index is -0.550. The van der Waals surface area contributed by atoms with E-state index in [4.69, 9.17) is 9.47 Å². The molecule has 1 saturated heterocycles. The molecule has 0 saturated carbocycles. The fourth-order valence-corrected chi connectivity index (χ4v) is 3.07. The maximum absolute atomic E-state index is 12.8. The number of hydrogen-bond donors (Lipinski definition) is 2. The lowest BCUT2D eigenvalue weighted by Crippen LogP contribution is -2.44. The average molecular weight is 407 g/mol. The Balaban J connectivity index is 1.89. The maximum Gasteiger partial charge on any atom is 0.407 e. The van der Waals surface area contributed by atoms with Crippen molar-refractivity contribution in [2.24, 2.45) is 0 Å².